The normalized spacial score (nSPS) is 21.9. The largest absolute Gasteiger partial charge is 0.491 e. The smallest absolute Gasteiger partial charge is 0.176 e. The van der Waals surface area contributed by atoms with Crippen LogP contribution in [-0.2, 0) is 9.84 Å². The average molecular weight is 460 g/mol. The predicted octanol–water partition coefficient (Wildman–Crippen LogP) is 4.23. The third kappa shape index (κ3) is 5.75. The van der Waals surface area contributed by atoms with Crippen molar-refractivity contribution in [3.63, 3.8) is 0 Å². The van der Waals surface area contributed by atoms with Crippen LogP contribution in [0.1, 0.15) is 36.0 Å². The zero-order chi connectivity index (χ0) is 22.7. The van der Waals surface area contributed by atoms with E-state index < -0.39 is 15.7 Å². The molecule has 2 aliphatic rings. The van der Waals surface area contributed by atoms with Crippen molar-refractivity contribution in [2.45, 2.75) is 30.6 Å². The van der Waals surface area contributed by atoms with Gasteiger partial charge < -0.3 is 4.74 Å². The van der Waals surface area contributed by atoms with Crippen molar-refractivity contribution in [1.29, 1.82) is 0 Å². The number of sulfone groups is 1. The number of hydrogen-bond donors (Lipinski definition) is 0. The van der Waals surface area contributed by atoms with Crippen LogP contribution in [0.2, 0.25) is 0 Å². The predicted molar refractivity (Wildman–Crippen MR) is 121 cm³/mol. The van der Waals surface area contributed by atoms with Crippen molar-refractivity contribution < 1.29 is 22.3 Å². The van der Waals surface area contributed by atoms with E-state index in [1.54, 1.807) is 0 Å². The van der Waals surface area contributed by atoms with Gasteiger partial charge in [-0.2, -0.15) is 0 Å². The third-order valence-corrected chi connectivity index (χ3v) is 7.87. The van der Waals surface area contributed by atoms with Crippen molar-refractivity contribution in [1.82, 2.24) is 4.90 Å². The minimum atomic E-state index is -3.43. The first-order valence-corrected chi connectivity index (χ1v) is 13.1. The first kappa shape index (κ1) is 22.9. The van der Waals surface area contributed by atoms with E-state index in [1.165, 1.54) is 18.6 Å². The molecule has 0 radical (unpaired) electrons. The Kier molecular flexibility index (Phi) is 6.96. The number of ketones is 1. The fourth-order valence-corrected chi connectivity index (χ4v) is 5.42. The summed E-state index contributed by atoms with van der Waals surface area (Å²) in [5, 5.41) is 0. The van der Waals surface area contributed by atoms with Crippen LogP contribution in [0.25, 0.3) is 0 Å². The van der Waals surface area contributed by atoms with E-state index in [-0.39, 0.29) is 16.4 Å². The van der Waals surface area contributed by atoms with Gasteiger partial charge in [-0.25, -0.2) is 12.8 Å². The van der Waals surface area contributed by atoms with Crippen molar-refractivity contribution >= 4 is 15.6 Å². The second-order valence-electron chi connectivity index (χ2n) is 9.06. The van der Waals surface area contributed by atoms with Crippen LogP contribution < -0.4 is 4.74 Å². The highest BCUT2D eigenvalue weighted by atomic mass is 32.2. The molecule has 2 aromatic carbocycles. The summed E-state index contributed by atoms with van der Waals surface area (Å²) in [6, 6.07) is 13.2. The van der Waals surface area contributed by atoms with Gasteiger partial charge in [-0.15, -0.1) is 0 Å². The van der Waals surface area contributed by atoms with Gasteiger partial charge in [-0.3, -0.25) is 9.69 Å². The number of carbonyl (C=O) groups is 1. The number of piperidine rings is 1. The number of benzene rings is 2. The summed E-state index contributed by atoms with van der Waals surface area (Å²) in [5.74, 6) is 1.64. The molecule has 172 valence electrons. The average Bonchev–Trinajstić information content (AvgIpc) is 3.55. The van der Waals surface area contributed by atoms with Crippen LogP contribution in [0.3, 0.4) is 0 Å². The monoisotopic (exact) mass is 459 g/mol. The lowest BCUT2D eigenvalue weighted by Crippen LogP contribution is -2.38. The zero-order valence-corrected chi connectivity index (χ0v) is 19.2. The maximum atomic E-state index is 14.1. The second kappa shape index (κ2) is 9.71. The molecule has 2 aromatic rings. The number of Topliss-reactive ketones (excluding diaryl/α,β-unsaturated/α-hetero) is 1. The fraction of sp³-hybridized carbons (Fsp3) is 0.480. The zero-order valence-electron chi connectivity index (χ0n) is 18.4. The number of hydrogen-bond acceptors (Lipinski definition) is 5. The van der Waals surface area contributed by atoms with Crippen LogP contribution in [0.5, 0.6) is 5.75 Å². The molecule has 1 aliphatic carbocycles. The number of halogens is 1. The standard InChI is InChI=1S/C25H30FNO4S/c1-32(29,30)21-7-8-25(23(26)16-21)31-14-11-20-15-22(20)18-9-12-27(13-10-18)17-24(28)19-5-3-2-4-6-19/h2-8,16,18,20,22H,9-15,17H2,1H3/t20-,22-/m1/s1. The number of carbonyl (C=O) groups excluding carboxylic acids is 1. The van der Waals surface area contributed by atoms with Crippen molar-refractivity contribution in [3.8, 4) is 5.75 Å². The Labute approximate surface area is 189 Å². The minimum absolute atomic E-state index is 0.0404. The summed E-state index contributed by atoms with van der Waals surface area (Å²) in [5.41, 5.74) is 0.777. The molecule has 0 spiro atoms. The van der Waals surface area contributed by atoms with E-state index >= 15 is 0 Å². The van der Waals surface area contributed by atoms with E-state index in [0.717, 1.165) is 50.2 Å². The van der Waals surface area contributed by atoms with Crippen LogP contribution in [0, 0.1) is 23.6 Å². The summed E-state index contributed by atoms with van der Waals surface area (Å²) >= 11 is 0. The molecule has 0 N–H and O–H groups in total. The van der Waals surface area contributed by atoms with Crippen molar-refractivity contribution in [3.05, 3.63) is 59.9 Å². The lowest BCUT2D eigenvalue weighted by atomic mass is 9.90. The molecule has 7 heteroatoms. The Hall–Kier alpha value is -2.25. The van der Waals surface area contributed by atoms with Gasteiger partial charge in [-0.1, -0.05) is 30.3 Å². The molecule has 1 saturated carbocycles. The van der Waals surface area contributed by atoms with Gasteiger partial charge in [-0.05, 0) is 74.7 Å². The van der Waals surface area contributed by atoms with Gasteiger partial charge in [0, 0.05) is 11.8 Å². The molecule has 0 aromatic heterocycles. The van der Waals surface area contributed by atoms with E-state index in [9.17, 15) is 17.6 Å². The summed E-state index contributed by atoms with van der Waals surface area (Å²) in [6.07, 6.45) is 5.36. The molecule has 1 aliphatic heterocycles. The van der Waals surface area contributed by atoms with Gasteiger partial charge in [0.05, 0.1) is 18.0 Å². The molecule has 4 rings (SSSR count). The first-order chi connectivity index (χ1) is 15.3. The van der Waals surface area contributed by atoms with Gasteiger partial charge in [0.25, 0.3) is 0 Å². The minimum Gasteiger partial charge on any atom is -0.491 e. The van der Waals surface area contributed by atoms with Gasteiger partial charge in [0.1, 0.15) is 0 Å². The van der Waals surface area contributed by atoms with E-state index in [2.05, 4.69) is 4.90 Å². The molecular weight excluding hydrogens is 429 g/mol. The molecule has 32 heavy (non-hydrogen) atoms. The Balaban J connectivity index is 1.17. The van der Waals surface area contributed by atoms with E-state index in [4.69, 9.17) is 4.74 Å². The van der Waals surface area contributed by atoms with Gasteiger partial charge in [0.2, 0.25) is 0 Å². The molecule has 1 saturated heterocycles. The fourth-order valence-electron chi connectivity index (χ4n) is 4.79. The summed E-state index contributed by atoms with van der Waals surface area (Å²) in [6.45, 7) is 2.84. The van der Waals surface area contributed by atoms with E-state index in [1.807, 2.05) is 30.3 Å². The highest BCUT2D eigenvalue weighted by Crippen LogP contribution is 2.49. The SMILES string of the molecule is CS(=O)(=O)c1ccc(OCC[C@@H]2C[C@@H]2C2CCN(CC(=O)c3ccccc3)CC2)c(F)c1. The Morgan fingerprint density at radius 2 is 1.84 bits per heavy atom. The van der Waals surface area contributed by atoms with Crippen molar-refractivity contribution in [2.24, 2.45) is 17.8 Å². The molecule has 2 atom stereocenters. The van der Waals surface area contributed by atoms with Crippen LogP contribution in [0.15, 0.2) is 53.4 Å². The summed E-state index contributed by atoms with van der Waals surface area (Å²) in [4.78, 5) is 14.6. The Morgan fingerprint density at radius 1 is 1.12 bits per heavy atom. The molecule has 1 heterocycles. The van der Waals surface area contributed by atoms with Crippen LogP contribution in [-0.4, -0.2) is 51.6 Å². The molecule has 5 nitrogen and oxygen atoms in total. The lowest BCUT2D eigenvalue weighted by Gasteiger charge is -2.31. The van der Waals surface area contributed by atoms with Crippen LogP contribution in [0.4, 0.5) is 4.39 Å². The molecule has 0 bridgehead atoms. The number of likely N-dealkylation sites (tertiary alicyclic amines) is 1. The molecule has 0 amide bonds. The van der Waals surface area contributed by atoms with Crippen LogP contribution >= 0.6 is 0 Å². The highest BCUT2D eigenvalue weighted by Gasteiger charge is 2.43. The second-order valence-corrected chi connectivity index (χ2v) is 11.1. The molecular formula is C25H30FNO4S. The number of rotatable bonds is 9. The van der Waals surface area contributed by atoms with Gasteiger partial charge in [0.15, 0.2) is 27.2 Å². The Morgan fingerprint density at radius 3 is 2.50 bits per heavy atom. The molecule has 0 unspecified atom stereocenters. The maximum absolute atomic E-state index is 14.1. The summed E-state index contributed by atoms with van der Waals surface area (Å²) < 4.78 is 42.7. The molecule has 2 fully saturated rings. The highest BCUT2D eigenvalue weighted by molar-refractivity contribution is 7.90. The topological polar surface area (TPSA) is 63.7 Å². The van der Waals surface area contributed by atoms with Gasteiger partial charge >= 0.3 is 0 Å². The lowest BCUT2D eigenvalue weighted by molar-refractivity contribution is 0.0886. The Bertz CT molecular complexity index is 1050. The first-order valence-electron chi connectivity index (χ1n) is 11.2. The maximum Gasteiger partial charge on any atom is 0.176 e. The van der Waals surface area contributed by atoms with Crippen molar-refractivity contribution in [2.75, 3.05) is 32.5 Å². The third-order valence-electron chi connectivity index (χ3n) is 6.76. The quantitative estimate of drug-likeness (QED) is 0.525. The van der Waals surface area contributed by atoms with E-state index in [0.29, 0.717) is 30.9 Å². The number of nitrogens with zero attached hydrogens (tertiary/aromatic N) is 1. The number of ether oxygens (including phenoxy) is 1. The summed E-state index contributed by atoms with van der Waals surface area (Å²) in [7, 11) is -3.43.